The lowest BCUT2D eigenvalue weighted by molar-refractivity contribution is 0.341. The summed E-state index contributed by atoms with van der Waals surface area (Å²) in [5.74, 6) is 1.52. The van der Waals surface area contributed by atoms with Crippen molar-refractivity contribution in [2.45, 2.75) is 33.4 Å². The van der Waals surface area contributed by atoms with Crippen molar-refractivity contribution in [1.29, 1.82) is 0 Å². The second kappa shape index (κ2) is 7.01. The third-order valence-electron chi connectivity index (χ3n) is 2.85. The quantitative estimate of drug-likeness (QED) is 0.877. The predicted octanol–water partition coefficient (Wildman–Crippen LogP) is 3.04. The number of para-hydroxylation sites is 1. The molecule has 4 nitrogen and oxygen atoms in total. The van der Waals surface area contributed by atoms with Crippen molar-refractivity contribution in [3.05, 3.63) is 42.2 Å². The van der Waals surface area contributed by atoms with E-state index in [-0.39, 0.29) is 0 Å². The summed E-state index contributed by atoms with van der Waals surface area (Å²) in [5.41, 5.74) is 2.01. The third-order valence-corrected chi connectivity index (χ3v) is 2.85. The van der Waals surface area contributed by atoms with Crippen LogP contribution in [0.15, 0.2) is 36.7 Å². The van der Waals surface area contributed by atoms with Gasteiger partial charge in [-0.3, -0.25) is 0 Å². The molecule has 1 heterocycles. The van der Waals surface area contributed by atoms with Crippen LogP contribution in [-0.2, 0) is 6.54 Å². The molecule has 0 aliphatic carbocycles. The standard InChI is InChI=1S/C16H21N3O/c1-4-20-15-8-6-5-7-14(15)16-18-10-13(11-19-16)9-17-12(2)3/h5-8,10-12,17H,4,9H2,1-3H3. The minimum Gasteiger partial charge on any atom is -0.493 e. The lowest BCUT2D eigenvalue weighted by Gasteiger charge is -2.10. The van der Waals surface area contributed by atoms with Gasteiger partial charge in [-0.05, 0) is 19.1 Å². The zero-order valence-corrected chi connectivity index (χ0v) is 12.3. The molecule has 0 radical (unpaired) electrons. The largest absolute Gasteiger partial charge is 0.493 e. The molecule has 0 unspecified atom stereocenters. The van der Waals surface area contributed by atoms with E-state index in [2.05, 4.69) is 29.1 Å². The Kier molecular flexibility index (Phi) is 5.07. The summed E-state index contributed by atoms with van der Waals surface area (Å²) in [6, 6.07) is 8.29. The van der Waals surface area contributed by atoms with E-state index < -0.39 is 0 Å². The average molecular weight is 271 g/mol. The van der Waals surface area contributed by atoms with E-state index in [0.29, 0.717) is 18.5 Å². The van der Waals surface area contributed by atoms with Gasteiger partial charge in [0.25, 0.3) is 0 Å². The highest BCUT2D eigenvalue weighted by molar-refractivity contribution is 5.63. The number of ether oxygens (including phenoxy) is 1. The number of nitrogens with one attached hydrogen (secondary N) is 1. The van der Waals surface area contributed by atoms with Crippen molar-refractivity contribution in [3.63, 3.8) is 0 Å². The van der Waals surface area contributed by atoms with Gasteiger partial charge in [-0.25, -0.2) is 9.97 Å². The molecule has 1 aromatic heterocycles. The van der Waals surface area contributed by atoms with Crippen molar-refractivity contribution < 1.29 is 4.74 Å². The second-order valence-corrected chi connectivity index (χ2v) is 4.88. The van der Waals surface area contributed by atoms with Gasteiger partial charge in [0.15, 0.2) is 5.82 Å². The lowest BCUT2D eigenvalue weighted by Crippen LogP contribution is -2.21. The molecule has 0 saturated heterocycles. The smallest absolute Gasteiger partial charge is 0.162 e. The zero-order valence-electron chi connectivity index (χ0n) is 12.3. The molecular formula is C16H21N3O. The highest BCUT2D eigenvalue weighted by Gasteiger charge is 2.08. The lowest BCUT2D eigenvalue weighted by atomic mass is 10.2. The molecule has 106 valence electrons. The number of hydrogen-bond donors (Lipinski definition) is 1. The minimum absolute atomic E-state index is 0.452. The number of aromatic nitrogens is 2. The van der Waals surface area contributed by atoms with Crippen LogP contribution in [0.3, 0.4) is 0 Å². The van der Waals surface area contributed by atoms with Crippen molar-refractivity contribution in [2.24, 2.45) is 0 Å². The van der Waals surface area contributed by atoms with Crippen molar-refractivity contribution in [1.82, 2.24) is 15.3 Å². The summed E-state index contributed by atoms with van der Waals surface area (Å²) >= 11 is 0. The first kappa shape index (κ1) is 14.5. The Labute approximate surface area is 120 Å². The molecule has 0 atom stereocenters. The molecule has 20 heavy (non-hydrogen) atoms. The molecule has 0 saturated carbocycles. The maximum absolute atomic E-state index is 5.61. The summed E-state index contributed by atoms with van der Waals surface area (Å²) < 4.78 is 5.61. The summed E-state index contributed by atoms with van der Waals surface area (Å²) in [6.45, 7) is 7.62. The number of hydrogen-bond acceptors (Lipinski definition) is 4. The van der Waals surface area contributed by atoms with Crippen LogP contribution < -0.4 is 10.1 Å². The van der Waals surface area contributed by atoms with Crippen molar-refractivity contribution in [2.75, 3.05) is 6.61 Å². The maximum atomic E-state index is 5.61. The maximum Gasteiger partial charge on any atom is 0.162 e. The van der Waals surface area contributed by atoms with Crippen LogP contribution in [0.1, 0.15) is 26.3 Å². The van der Waals surface area contributed by atoms with Gasteiger partial charge in [0.1, 0.15) is 5.75 Å². The fraction of sp³-hybridized carbons (Fsp3) is 0.375. The van der Waals surface area contributed by atoms with Crippen molar-refractivity contribution in [3.8, 4) is 17.1 Å². The number of nitrogens with zero attached hydrogens (tertiary/aromatic N) is 2. The molecule has 0 aliphatic heterocycles. The Hall–Kier alpha value is -1.94. The zero-order chi connectivity index (χ0) is 14.4. The molecule has 0 spiro atoms. The van der Waals surface area contributed by atoms with E-state index in [1.807, 2.05) is 43.6 Å². The summed E-state index contributed by atoms with van der Waals surface area (Å²) in [5, 5.41) is 3.35. The van der Waals surface area contributed by atoms with Gasteiger partial charge in [-0.1, -0.05) is 26.0 Å². The van der Waals surface area contributed by atoms with Gasteiger partial charge in [0.05, 0.1) is 12.2 Å². The van der Waals surface area contributed by atoms with E-state index in [4.69, 9.17) is 4.74 Å². The molecule has 0 fully saturated rings. The summed E-state index contributed by atoms with van der Waals surface area (Å²) in [7, 11) is 0. The molecule has 0 bridgehead atoms. The SMILES string of the molecule is CCOc1ccccc1-c1ncc(CNC(C)C)cn1. The van der Waals surface area contributed by atoms with Gasteiger partial charge >= 0.3 is 0 Å². The van der Waals surface area contributed by atoms with Crippen molar-refractivity contribution >= 4 is 0 Å². The topological polar surface area (TPSA) is 47.0 Å². The Bertz CT molecular complexity index is 538. The van der Waals surface area contributed by atoms with E-state index in [1.165, 1.54) is 0 Å². The summed E-state index contributed by atoms with van der Waals surface area (Å²) in [6.07, 6.45) is 3.72. The molecule has 0 amide bonds. The van der Waals surface area contributed by atoms with Crippen LogP contribution in [0.4, 0.5) is 0 Å². The fourth-order valence-corrected chi connectivity index (χ4v) is 1.84. The van der Waals surface area contributed by atoms with Crippen LogP contribution in [0.2, 0.25) is 0 Å². The Morgan fingerprint density at radius 1 is 1.15 bits per heavy atom. The van der Waals surface area contributed by atoms with Crippen LogP contribution in [0, 0.1) is 0 Å². The van der Waals surface area contributed by atoms with E-state index >= 15 is 0 Å². The van der Waals surface area contributed by atoms with E-state index in [9.17, 15) is 0 Å². The minimum atomic E-state index is 0.452. The Morgan fingerprint density at radius 3 is 2.50 bits per heavy atom. The van der Waals surface area contributed by atoms with Gasteiger partial charge in [0.2, 0.25) is 0 Å². The van der Waals surface area contributed by atoms with Gasteiger partial charge < -0.3 is 10.1 Å². The number of rotatable bonds is 6. The number of benzene rings is 1. The molecule has 4 heteroatoms. The summed E-state index contributed by atoms with van der Waals surface area (Å²) in [4.78, 5) is 8.88. The predicted molar refractivity (Wildman–Crippen MR) is 80.6 cm³/mol. The van der Waals surface area contributed by atoms with Gasteiger partial charge in [-0.15, -0.1) is 0 Å². The van der Waals surface area contributed by atoms with Crippen LogP contribution in [0.5, 0.6) is 5.75 Å². The third kappa shape index (κ3) is 3.78. The van der Waals surface area contributed by atoms with Crippen LogP contribution >= 0.6 is 0 Å². The molecule has 1 aromatic carbocycles. The van der Waals surface area contributed by atoms with Gasteiger partial charge in [-0.2, -0.15) is 0 Å². The van der Waals surface area contributed by atoms with Crippen LogP contribution in [-0.4, -0.2) is 22.6 Å². The molecule has 2 rings (SSSR count). The first-order valence-electron chi connectivity index (χ1n) is 6.97. The normalized spacial score (nSPS) is 10.8. The van der Waals surface area contributed by atoms with Gasteiger partial charge in [0, 0.05) is 30.5 Å². The highest BCUT2D eigenvalue weighted by Crippen LogP contribution is 2.26. The first-order chi connectivity index (χ1) is 9.70. The fourth-order valence-electron chi connectivity index (χ4n) is 1.84. The molecule has 0 aliphatic rings. The highest BCUT2D eigenvalue weighted by atomic mass is 16.5. The average Bonchev–Trinajstić information content (AvgIpc) is 2.47. The van der Waals surface area contributed by atoms with E-state index in [0.717, 1.165) is 23.4 Å². The second-order valence-electron chi connectivity index (χ2n) is 4.88. The monoisotopic (exact) mass is 271 g/mol. The van der Waals surface area contributed by atoms with Crippen LogP contribution in [0.25, 0.3) is 11.4 Å². The molecule has 2 aromatic rings. The molecular weight excluding hydrogens is 250 g/mol. The Morgan fingerprint density at radius 2 is 1.85 bits per heavy atom. The molecule has 1 N–H and O–H groups in total. The first-order valence-corrected chi connectivity index (χ1v) is 6.97. The Balaban J connectivity index is 2.17. The van der Waals surface area contributed by atoms with E-state index in [1.54, 1.807) is 0 Å².